The molecule has 25 heavy (non-hydrogen) atoms. The van der Waals surface area contributed by atoms with Gasteiger partial charge in [0.2, 0.25) is 5.91 Å². The van der Waals surface area contributed by atoms with Crippen LogP contribution in [0.2, 0.25) is 0 Å². The number of likely N-dealkylation sites (tertiary alicyclic amines) is 1. The number of carbonyl (C=O) groups is 1. The highest BCUT2D eigenvalue weighted by molar-refractivity contribution is 5.86. The summed E-state index contributed by atoms with van der Waals surface area (Å²) in [5.74, 6) is 1.44. The topological polar surface area (TPSA) is 82.3 Å². The van der Waals surface area contributed by atoms with Gasteiger partial charge in [-0.15, -0.1) is 0 Å². The first-order valence-electron chi connectivity index (χ1n) is 8.82. The number of ether oxygens (including phenoxy) is 1. The van der Waals surface area contributed by atoms with E-state index in [-0.39, 0.29) is 12.5 Å². The molecule has 2 aliphatic rings. The van der Waals surface area contributed by atoms with Crippen molar-refractivity contribution in [3.05, 3.63) is 24.2 Å². The van der Waals surface area contributed by atoms with E-state index in [0.29, 0.717) is 12.6 Å². The molecule has 3 rings (SSSR count). The Morgan fingerprint density at radius 3 is 2.88 bits per heavy atom. The predicted molar refractivity (Wildman–Crippen MR) is 94.3 cm³/mol. The van der Waals surface area contributed by atoms with Gasteiger partial charge in [-0.2, -0.15) is 0 Å². The fraction of sp³-hybridized carbons (Fsp3) is 0.647. The summed E-state index contributed by atoms with van der Waals surface area (Å²) in [6.07, 6.45) is 2.71. The molecule has 2 fully saturated rings. The van der Waals surface area contributed by atoms with E-state index in [2.05, 4.69) is 25.4 Å². The van der Waals surface area contributed by atoms with Gasteiger partial charge in [-0.3, -0.25) is 14.7 Å². The second-order valence-electron chi connectivity index (χ2n) is 6.29. The van der Waals surface area contributed by atoms with Crippen LogP contribution in [0.5, 0.6) is 0 Å². The molecule has 1 aromatic rings. The van der Waals surface area contributed by atoms with Gasteiger partial charge < -0.3 is 24.7 Å². The molecule has 8 heteroatoms. The summed E-state index contributed by atoms with van der Waals surface area (Å²) in [5, 5.41) is 5.98. The third-order valence-corrected chi connectivity index (χ3v) is 4.68. The highest BCUT2D eigenvalue weighted by Crippen LogP contribution is 2.16. The lowest BCUT2D eigenvalue weighted by Crippen LogP contribution is -2.48. The number of nitrogens with one attached hydrogen (secondary N) is 2. The van der Waals surface area contributed by atoms with Gasteiger partial charge in [0.15, 0.2) is 5.96 Å². The summed E-state index contributed by atoms with van der Waals surface area (Å²) in [6, 6.07) is 4.18. The van der Waals surface area contributed by atoms with Crippen molar-refractivity contribution in [1.29, 1.82) is 0 Å². The molecule has 0 aliphatic carbocycles. The maximum Gasteiger partial charge on any atom is 0.239 e. The number of nitrogens with zero attached hydrogens (tertiary/aromatic N) is 3. The molecule has 2 saturated heterocycles. The Morgan fingerprint density at radius 2 is 2.16 bits per heavy atom. The number of rotatable bonds is 5. The van der Waals surface area contributed by atoms with Gasteiger partial charge in [-0.05, 0) is 18.6 Å². The van der Waals surface area contributed by atoms with Crippen LogP contribution in [0, 0.1) is 0 Å². The highest BCUT2D eigenvalue weighted by Gasteiger charge is 2.30. The minimum atomic E-state index is -0.0820. The zero-order valence-corrected chi connectivity index (χ0v) is 14.7. The number of aliphatic imine (C=N–C) groups is 1. The Hall–Kier alpha value is -2.06. The van der Waals surface area contributed by atoms with E-state index in [1.54, 1.807) is 19.4 Å². The smallest absolute Gasteiger partial charge is 0.239 e. The largest absolute Gasteiger partial charge is 0.467 e. The van der Waals surface area contributed by atoms with E-state index in [4.69, 9.17) is 9.15 Å². The number of furan rings is 1. The zero-order chi connectivity index (χ0) is 17.5. The van der Waals surface area contributed by atoms with Crippen LogP contribution in [0.3, 0.4) is 0 Å². The fourth-order valence-electron chi connectivity index (χ4n) is 3.33. The minimum Gasteiger partial charge on any atom is -0.467 e. The first-order chi connectivity index (χ1) is 12.3. The van der Waals surface area contributed by atoms with Gasteiger partial charge in [0.05, 0.1) is 32.6 Å². The zero-order valence-electron chi connectivity index (χ0n) is 14.7. The summed E-state index contributed by atoms with van der Waals surface area (Å²) >= 11 is 0. The van der Waals surface area contributed by atoms with Crippen molar-refractivity contribution in [2.45, 2.75) is 19.0 Å². The number of carbonyl (C=O) groups excluding carboxylic acids is 1. The van der Waals surface area contributed by atoms with Gasteiger partial charge in [0.25, 0.3) is 0 Å². The van der Waals surface area contributed by atoms with E-state index in [1.165, 1.54) is 0 Å². The molecule has 1 amide bonds. The summed E-state index contributed by atoms with van der Waals surface area (Å²) < 4.78 is 10.6. The molecule has 1 unspecified atom stereocenters. The Morgan fingerprint density at radius 1 is 1.32 bits per heavy atom. The molecule has 138 valence electrons. The first kappa shape index (κ1) is 17.8. The molecule has 2 N–H and O–H groups in total. The third kappa shape index (κ3) is 4.96. The molecule has 1 atom stereocenters. The monoisotopic (exact) mass is 349 g/mol. The lowest BCUT2D eigenvalue weighted by atomic mass is 10.2. The summed E-state index contributed by atoms with van der Waals surface area (Å²) in [7, 11) is 1.76. The quantitative estimate of drug-likeness (QED) is 0.570. The van der Waals surface area contributed by atoms with Gasteiger partial charge >= 0.3 is 0 Å². The summed E-state index contributed by atoms with van der Waals surface area (Å²) in [5.41, 5.74) is 0. The van der Waals surface area contributed by atoms with E-state index in [0.717, 1.165) is 57.5 Å². The normalized spacial score (nSPS) is 22.2. The van der Waals surface area contributed by atoms with E-state index in [9.17, 15) is 4.79 Å². The fourth-order valence-corrected chi connectivity index (χ4v) is 3.33. The van der Waals surface area contributed by atoms with Crippen LogP contribution in [0.25, 0.3) is 0 Å². The van der Waals surface area contributed by atoms with Crippen molar-refractivity contribution < 1.29 is 13.9 Å². The molecule has 8 nitrogen and oxygen atoms in total. The van der Waals surface area contributed by atoms with E-state index < -0.39 is 0 Å². The van der Waals surface area contributed by atoms with Crippen molar-refractivity contribution >= 4 is 11.9 Å². The average molecular weight is 349 g/mol. The number of morpholine rings is 1. The van der Waals surface area contributed by atoms with Crippen molar-refractivity contribution in [2.24, 2.45) is 4.99 Å². The lowest BCUT2D eigenvalue weighted by molar-refractivity contribution is -0.120. The van der Waals surface area contributed by atoms with Crippen LogP contribution < -0.4 is 10.6 Å². The van der Waals surface area contributed by atoms with Crippen LogP contribution in [0.1, 0.15) is 12.2 Å². The van der Waals surface area contributed by atoms with E-state index in [1.807, 2.05) is 6.07 Å². The summed E-state index contributed by atoms with van der Waals surface area (Å²) in [4.78, 5) is 21.0. The van der Waals surface area contributed by atoms with E-state index >= 15 is 0 Å². The maximum absolute atomic E-state index is 12.0. The molecular formula is C17H27N5O3. The molecule has 0 saturated carbocycles. The second kappa shape index (κ2) is 8.87. The van der Waals surface area contributed by atoms with Crippen LogP contribution in [0.4, 0.5) is 0 Å². The molecule has 0 spiro atoms. The SMILES string of the molecule is CN=C(NCC(=O)NCc1ccco1)N1CCC(N2CCOCC2)C1. The van der Waals surface area contributed by atoms with Gasteiger partial charge in [-0.25, -0.2) is 0 Å². The Bertz CT molecular complexity index is 569. The molecule has 2 aliphatic heterocycles. The standard InChI is InChI=1S/C17H27N5O3/c1-18-17(20-12-16(23)19-11-15-3-2-8-25-15)22-5-4-14(13-22)21-6-9-24-10-7-21/h2-3,8,14H,4-7,9-13H2,1H3,(H,18,20)(H,19,23). The Labute approximate surface area is 148 Å². The minimum absolute atomic E-state index is 0.0820. The van der Waals surface area contributed by atoms with Gasteiger partial charge in [0, 0.05) is 39.3 Å². The van der Waals surface area contributed by atoms with Crippen molar-refractivity contribution in [3.63, 3.8) is 0 Å². The number of hydrogen-bond donors (Lipinski definition) is 2. The molecule has 0 aromatic carbocycles. The predicted octanol–water partition coefficient (Wildman–Crippen LogP) is -0.122. The number of amides is 1. The second-order valence-corrected chi connectivity index (χ2v) is 6.29. The van der Waals surface area contributed by atoms with Gasteiger partial charge in [-0.1, -0.05) is 0 Å². The van der Waals surface area contributed by atoms with Crippen molar-refractivity contribution in [1.82, 2.24) is 20.4 Å². The Kier molecular flexibility index (Phi) is 6.30. The highest BCUT2D eigenvalue weighted by atomic mass is 16.5. The Balaban J connectivity index is 1.41. The van der Waals surface area contributed by atoms with Crippen molar-refractivity contribution in [3.8, 4) is 0 Å². The average Bonchev–Trinajstić information content (AvgIpc) is 3.33. The molecule has 1 aromatic heterocycles. The van der Waals surface area contributed by atoms with Crippen molar-refractivity contribution in [2.75, 3.05) is 53.0 Å². The maximum atomic E-state index is 12.0. The molecule has 0 bridgehead atoms. The van der Waals surface area contributed by atoms with Crippen LogP contribution in [-0.4, -0.2) is 80.7 Å². The van der Waals surface area contributed by atoms with Crippen LogP contribution in [0.15, 0.2) is 27.8 Å². The lowest BCUT2D eigenvalue weighted by Gasteiger charge is -2.32. The molecular weight excluding hydrogens is 322 g/mol. The number of hydrogen-bond acceptors (Lipinski definition) is 5. The number of guanidine groups is 1. The van der Waals surface area contributed by atoms with Crippen LogP contribution in [-0.2, 0) is 16.1 Å². The third-order valence-electron chi connectivity index (χ3n) is 4.68. The molecule has 3 heterocycles. The van der Waals surface area contributed by atoms with Gasteiger partial charge in [0.1, 0.15) is 5.76 Å². The molecule has 0 radical (unpaired) electrons. The summed E-state index contributed by atoms with van der Waals surface area (Å²) in [6.45, 7) is 6.13. The first-order valence-corrected chi connectivity index (χ1v) is 8.82. The van der Waals surface area contributed by atoms with Crippen LogP contribution >= 0.6 is 0 Å².